The minimum Gasteiger partial charge on any atom is -0.323 e. The summed E-state index contributed by atoms with van der Waals surface area (Å²) in [5.41, 5.74) is 2.61. The maximum atomic E-state index is 4.55. The summed E-state index contributed by atoms with van der Waals surface area (Å²) < 4.78 is 2.01. The van der Waals surface area contributed by atoms with Crippen LogP contribution >= 0.6 is 11.3 Å². The van der Waals surface area contributed by atoms with Gasteiger partial charge in [-0.3, -0.25) is 0 Å². The first kappa shape index (κ1) is 19.8. The molecule has 2 aromatic heterocycles. The van der Waals surface area contributed by atoms with E-state index in [4.69, 9.17) is 0 Å². The van der Waals surface area contributed by atoms with Crippen molar-refractivity contribution in [3.05, 3.63) is 63.6 Å². The van der Waals surface area contributed by atoms with Crippen molar-refractivity contribution in [3.63, 3.8) is 0 Å². The van der Waals surface area contributed by atoms with Crippen LogP contribution in [0, 0.1) is 6.92 Å². The van der Waals surface area contributed by atoms with Crippen LogP contribution in [-0.2, 0) is 6.54 Å². The van der Waals surface area contributed by atoms with Gasteiger partial charge in [-0.05, 0) is 54.5 Å². The quantitative estimate of drug-likeness (QED) is 0.618. The third-order valence-electron chi connectivity index (χ3n) is 6.99. The van der Waals surface area contributed by atoms with Crippen molar-refractivity contribution in [2.24, 2.45) is 0 Å². The topological polar surface area (TPSA) is 52.5 Å². The highest BCUT2D eigenvalue weighted by molar-refractivity contribution is 7.09. The van der Waals surface area contributed by atoms with Crippen LogP contribution in [0.4, 0.5) is 0 Å². The lowest BCUT2D eigenvalue weighted by Crippen LogP contribution is -3.29. The molecule has 1 aliphatic heterocycles. The largest absolute Gasteiger partial charge is 0.323 e. The molecule has 1 atom stereocenters. The molecule has 0 amide bonds. The first-order chi connectivity index (χ1) is 14.8. The molecule has 6 nitrogen and oxygen atoms in total. The predicted octanol–water partition coefficient (Wildman–Crippen LogP) is 0.907. The highest BCUT2D eigenvalue weighted by atomic mass is 32.1. The second-order valence-electron chi connectivity index (χ2n) is 8.92. The molecule has 1 saturated heterocycles. The number of tetrazole rings is 1. The van der Waals surface area contributed by atoms with Crippen LogP contribution < -0.4 is 9.80 Å². The maximum Gasteiger partial charge on any atom is 0.214 e. The third kappa shape index (κ3) is 4.19. The molecule has 3 aromatic rings. The number of piperazine rings is 1. The Morgan fingerprint density at radius 1 is 1.07 bits per heavy atom. The monoisotopic (exact) mass is 424 g/mol. The van der Waals surface area contributed by atoms with Crippen molar-refractivity contribution >= 4 is 11.3 Å². The van der Waals surface area contributed by atoms with E-state index in [1.807, 2.05) is 9.58 Å². The number of hydrogen-bond donors (Lipinski definition) is 2. The number of aryl methyl sites for hydroxylation is 1. The number of nitrogens with zero attached hydrogens (tertiary/aromatic N) is 4. The first-order valence-corrected chi connectivity index (χ1v) is 12.2. The Morgan fingerprint density at radius 3 is 2.53 bits per heavy atom. The molecule has 30 heavy (non-hydrogen) atoms. The molecule has 7 heteroatoms. The van der Waals surface area contributed by atoms with Crippen molar-refractivity contribution < 1.29 is 9.80 Å². The van der Waals surface area contributed by atoms with Gasteiger partial charge in [0.05, 0.1) is 12.6 Å². The SMILES string of the molecule is Cc1ccc([C@@H](c2nnnn2Cc2cccs2)[NH+]2CC[NH+](C3CCCC3)CC2)cc1. The molecule has 3 heterocycles. The Kier molecular flexibility index (Phi) is 5.93. The van der Waals surface area contributed by atoms with Gasteiger partial charge in [0.2, 0.25) is 5.82 Å². The highest BCUT2D eigenvalue weighted by Gasteiger charge is 2.38. The highest BCUT2D eigenvalue weighted by Crippen LogP contribution is 2.20. The molecule has 2 aliphatic rings. The van der Waals surface area contributed by atoms with E-state index in [-0.39, 0.29) is 6.04 Å². The molecular formula is C23H32N6S+2. The first-order valence-electron chi connectivity index (χ1n) is 11.3. The molecule has 1 aliphatic carbocycles. The van der Waals surface area contributed by atoms with Gasteiger partial charge in [-0.15, -0.1) is 16.4 Å². The van der Waals surface area contributed by atoms with Crippen molar-refractivity contribution in [2.75, 3.05) is 26.2 Å². The molecule has 0 spiro atoms. The van der Waals surface area contributed by atoms with Gasteiger partial charge in [0.1, 0.15) is 26.2 Å². The smallest absolute Gasteiger partial charge is 0.214 e. The van der Waals surface area contributed by atoms with E-state index in [0.717, 1.165) is 18.4 Å². The van der Waals surface area contributed by atoms with Gasteiger partial charge in [0, 0.05) is 10.4 Å². The van der Waals surface area contributed by atoms with Crippen LogP contribution in [0.25, 0.3) is 0 Å². The lowest BCUT2D eigenvalue weighted by molar-refractivity contribution is -1.03. The fourth-order valence-electron chi connectivity index (χ4n) is 5.33. The van der Waals surface area contributed by atoms with E-state index >= 15 is 0 Å². The molecule has 0 unspecified atom stereocenters. The number of quaternary nitrogens is 2. The average molecular weight is 425 g/mol. The van der Waals surface area contributed by atoms with Crippen molar-refractivity contribution in [1.29, 1.82) is 0 Å². The lowest BCUT2D eigenvalue weighted by Gasteiger charge is -2.36. The van der Waals surface area contributed by atoms with Crippen LogP contribution in [0.15, 0.2) is 41.8 Å². The van der Waals surface area contributed by atoms with Gasteiger partial charge in [-0.1, -0.05) is 35.9 Å². The van der Waals surface area contributed by atoms with E-state index in [0.29, 0.717) is 0 Å². The molecule has 158 valence electrons. The summed E-state index contributed by atoms with van der Waals surface area (Å²) in [7, 11) is 0. The fraction of sp³-hybridized carbons (Fsp3) is 0.522. The van der Waals surface area contributed by atoms with E-state index in [1.165, 1.54) is 67.9 Å². The zero-order chi connectivity index (χ0) is 20.3. The van der Waals surface area contributed by atoms with E-state index in [9.17, 15) is 0 Å². The molecule has 0 radical (unpaired) electrons. The number of nitrogens with one attached hydrogen (secondary N) is 2. The summed E-state index contributed by atoms with van der Waals surface area (Å²) in [6, 6.07) is 14.3. The molecule has 2 N–H and O–H groups in total. The van der Waals surface area contributed by atoms with Gasteiger partial charge >= 0.3 is 0 Å². The summed E-state index contributed by atoms with van der Waals surface area (Å²) >= 11 is 1.76. The van der Waals surface area contributed by atoms with Gasteiger partial charge < -0.3 is 9.80 Å². The third-order valence-corrected chi connectivity index (χ3v) is 7.85. The summed E-state index contributed by atoms with van der Waals surface area (Å²) in [6.07, 6.45) is 5.69. The van der Waals surface area contributed by atoms with E-state index < -0.39 is 0 Å². The summed E-state index contributed by atoms with van der Waals surface area (Å²) in [5.74, 6) is 0.992. The lowest BCUT2D eigenvalue weighted by atomic mass is 10.0. The molecular weight excluding hydrogens is 392 g/mol. The Labute approximate surface area is 182 Å². The number of aromatic nitrogens is 4. The minimum atomic E-state index is 0.186. The number of thiophene rings is 1. The van der Waals surface area contributed by atoms with Gasteiger partial charge in [-0.2, -0.15) is 0 Å². The van der Waals surface area contributed by atoms with Crippen LogP contribution in [0.5, 0.6) is 0 Å². The number of hydrogen-bond acceptors (Lipinski definition) is 4. The number of benzene rings is 1. The zero-order valence-electron chi connectivity index (χ0n) is 17.8. The zero-order valence-corrected chi connectivity index (χ0v) is 18.6. The Balaban J connectivity index is 1.41. The standard InChI is InChI=1S/C23H30N6S/c1-18-8-10-19(11-9-18)22(23-24-25-26-29(23)17-21-7-4-16-30-21)28-14-12-27(13-15-28)20-5-2-3-6-20/h4,7-11,16,20,22H,2-3,5-6,12-15,17H2,1H3/p+2/t22-/m0/s1. The fourth-order valence-corrected chi connectivity index (χ4v) is 6.02. The van der Waals surface area contributed by atoms with Crippen LogP contribution in [-0.4, -0.2) is 52.4 Å². The Morgan fingerprint density at radius 2 is 1.83 bits per heavy atom. The number of rotatable bonds is 6. The van der Waals surface area contributed by atoms with Crippen LogP contribution in [0.3, 0.4) is 0 Å². The van der Waals surface area contributed by atoms with Gasteiger partial charge in [0.15, 0.2) is 6.04 Å². The maximum absolute atomic E-state index is 4.55. The van der Waals surface area contributed by atoms with Crippen molar-refractivity contribution in [1.82, 2.24) is 20.2 Å². The Bertz CT molecular complexity index is 921. The van der Waals surface area contributed by atoms with Crippen LogP contribution in [0.1, 0.15) is 53.6 Å². The van der Waals surface area contributed by atoms with E-state index in [2.05, 4.69) is 64.2 Å². The molecule has 5 rings (SSSR count). The van der Waals surface area contributed by atoms with Crippen molar-refractivity contribution in [3.8, 4) is 0 Å². The summed E-state index contributed by atoms with van der Waals surface area (Å²) in [5, 5.41) is 15.1. The van der Waals surface area contributed by atoms with Crippen molar-refractivity contribution in [2.45, 2.75) is 51.2 Å². The molecule has 0 bridgehead atoms. The molecule has 2 fully saturated rings. The molecule has 1 saturated carbocycles. The second-order valence-corrected chi connectivity index (χ2v) is 9.95. The second kappa shape index (κ2) is 8.96. The minimum absolute atomic E-state index is 0.186. The summed E-state index contributed by atoms with van der Waals surface area (Å²) in [4.78, 5) is 4.72. The normalized spacial score (nSPS) is 23.6. The summed E-state index contributed by atoms with van der Waals surface area (Å²) in [6.45, 7) is 7.77. The van der Waals surface area contributed by atoms with Gasteiger partial charge in [-0.25, -0.2) is 4.68 Å². The van der Waals surface area contributed by atoms with E-state index in [1.54, 1.807) is 16.2 Å². The van der Waals surface area contributed by atoms with Crippen LogP contribution in [0.2, 0.25) is 0 Å². The Hall–Kier alpha value is -2.09. The average Bonchev–Trinajstić information content (AvgIpc) is 3.54. The molecule has 1 aromatic carbocycles. The predicted molar refractivity (Wildman–Crippen MR) is 118 cm³/mol. The van der Waals surface area contributed by atoms with Gasteiger partial charge in [0.25, 0.3) is 0 Å².